The van der Waals surface area contributed by atoms with Gasteiger partial charge in [-0.2, -0.15) is 0 Å². The number of carbonyl (C=O) groups is 1. The number of pyridine rings is 1. The van der Waals surface area contributed by atoms with Crippen LogP contribution in [0.25, 0.3) is 22.5 Å². The number of amides is 1. The molecule has 2 N–H and O–H groups in total. The van der Waals surface area contributed by atoms with E-state index in [1.807, 2.05) is 19.9 Å². The van der Waals surface area contributed by atoms with Gasteiger partial charge in [0.1, 0.15) is 5.75 Å². The molecule has 4 aromatic rings. The molecule has 1 aliphatic rings. The molecule has 1 aliphatic carbocycles. The third-order valence-corrected chi connectivity index (χ3v) is 6.95. The van der Waals surface area contributed by atoms with Gasteiger partial charge in [0, 0.05) is 42.0 Å². The molecule has 5 rings (SSSR count). The normalized spacial score (nSPS) is 13.4. The fraction of sp³-hybridized carbons (Fsp3) is 0.276. The Balaban J connectivity index is 1.48. The molecule has 9 heteroatoms. The number of H-pyrrole nitrogens is 1. The maximum Gasteiger partial charge on any atom is 0.300 e. The standard InChI is InChI=1S/C29H28F2N4O3/c1-16-14-32-15-17(2)25(16)23-12-19(8-11-24(23)38-4)27-33-18(3)26(35(27)37)28(36)34-22-7-5-6-21(13-22)29(30,31)20-9-10-20/h5-8,11-15,20,33H,9-10H2,1-4H3,(H,34,36). The Labute approximate surface area is 219 Å². The lowest BCUT2D eigenvalue weighted by atomic mass is 9.95. The highest BCUT2D eigenvalue weighted by atomic mass is 19.3. The first-order chi connectivity index (χ1) is 18.1. The second kappa shape index (κ2) is 9.55. The second-order valence-electron chi connectivity index (χ2n) is 9.74. The lowest BCUT2D eigenvalue weighted by molar-refractivity contribution is -0.594. The quantitative estimate of drug-likeness (QED) is 0.230. The molecule has 38 heavy (non-hydrogen) atoms. The van der Waals surface area contributed by atoms with Crippen LogP contribution in [0.3, 0.4) is 0 Å². The summed E-state index contributed by atoms with van der Waals surface area (Å²) in [6.45, 7) is 5.52. The van der Waals surface area contributed by atoms with Crippen LogP contribution in [0.1, 0.15) is 45.7 Å². The lowest BCUT2D eigenvalue weighted by Gasteiger charge is -2.17. The van der Waals surface area contributed by atoms with Crippen molar-refractivity contribution in [2.45, 2.75) is 39.5 Å². The number of aromatic amines is 1. The van der Waals surface area contributed by atoms with Crippen molar-refractivity contribution in [3.05, 3.63) is 88.1 Å². The Morgan fingerprint density at radius 1 is 1.13 bits per heavy atom. The molecule has 0 bridgehead atoms. The molecule has 196 valence electrons. The van der Waals surface area contributed by atoms with Gasteiger partial charge >= 0.3 is 0 Å². The minimum atomic E-state index is -2.95. The number of hydrogen-bond acceptors (Lipinski definition) is 4. The van der Waals surface area contributed by atoms with E-state index < -0.39 is 17.7 Å². The average Bonchev–Trinajstić information content (AvgIpc) is 3.70. The van der Waals surface area contributed by atoms with E-state index >= 15 is 0 Å². The summed E-state index contributed by atoms with van der Waals surface area (Å²) < 4.78 is 35.3. The van der Waals surface area contributed by atoms with Crippen LogP contribution in [0.15, 0.2) is 54.9 Å². The van der Waals surface area contributed by atoms with Gasteiger partial charge in [-0.15, -0.1) is 0 Å². The van der Waals surface area contributed by atoms with Crippen molar-refractivity contribution in [1.82, 2.24) is 9.97 Å². The maximum absolute atomic E-state index is 14.6. The molecule has 0 saturated heterocycles. The van der Waals surface area contributed by atoms with Crippen molar-refractivity contribution in [3.63, 3.8) is 0 Å². The summed E-state index contributed by atoms with van der Waals surface area (Å²) in [5.74, 6) is -3.50. The largest absolute Gasteiger partial charge is 0.710 e. The fourth-order valence-electron chi connectivity index (χ4n) is 4.86. The topological polar surface area (TPSA) is 94.0 Å². The van der Waals surface area contributed by atoms with Crippen molar-refractivity contribution in [2.75, 3.05) is 12.4 Å². The highest BCUT2D eigenvalue weighted by Crippen LogP contribution is 2.50. The van der Waals surface area contributed by atoms with Gasteiger partial charge in [-0.1, -0.05) is 12.1 Å². The molecule has 0 unspecified atom stereocenters. The van der Waals surface area contributed by atoms with Gasteiger partial charge in [0.15, 0.2) is 5.69 Å². The number of halogens is 2. The molecular formula is C29H28F2N4O3. The number of benzene rings is 2. The molecule has 1 saturated carbocycles. The van der Waals surface area contributed by atoms with E-state index in [4.69, 9.17) is 4.74 Å². The summed E-state index contributed by atoms with van der Waals surface area (Å²) in [7, 11) is 1.58. The molecule has 0 aliphatic heterocycles. The molecule has 0 atom stereocenters. The molecule has 2 aromatic heterocycles. The highest BCUT2D eigenvalue weighted by Gasteiger charge is 2.48. The molecule has 0 radical (unpaired) electrons. The van der Waals surface area contributed by atoms with E-state index in [1.54, 1.807) is 38.6 Å². The lowest BCUT2D eigenvalue weighted by Crippen LogP contribution is -2.36. The van der Waals surface area contributed by atoms with Crippen LogP contribution in [0.2, 0.25) is 0 Å². The van der Waals surface area contributed by atoms with E-state index in [0.717, 1.165) is 22.3 Å². The summed E-state index contributed by atoms with van der Waals surface area (Å²) in [5.41, 5.74) is 4.44. The van der Waals surface area contributed by atoms with E-state index in [2.05, 4.69) is 15.3 Å². The van der Waals surface area contributed by atoms with Crippen LogP contribution in [0.5, 0.6) is 5.75 Å². The smallest absolute Gasteiger partial charge is 0.300 e. The third kappa shape index (κ3) is 4.49. The number of aromatic nitrogens is 3. The minimum Gasteiger partial charge on any atom is -0.710 e. The summed E-state index contributed by atoms with van der Waals surface area (Å²) in [6, 6.07) is 11.0. The number of carbonyl (C=O) groups excluding carboxylic acids is 1. The van der Waals surface area contributed by atoms with Crippen molar-refractivity contribution < 1.29 is 23.0 Å². The Morgan fingerprint density at radius 2 is 1.84 bits per heavy atom. The second-order valence-corrected chi connectivity index (χ2v) is 9.74. The number of nitrogens with zero attached hydrogens (tertiary/aromatic N) is 2. The van der Waals surface area contributed by atoms with Gasteiger partial charge in [-0.05, 0) is 73.7 Å². The average molecular weight is 519 g/mol. The van der Waals surface area contributed by atoms with Crippen LogP contribution in [-0.4, -0.2) is 23.0 Å². The monoisotopic (exact) mass is 518 g/mol. The Bertz CT molecular complexity index is 1520. The first-order valence-corrected chi connectivity index (χ1v) is 12.3. The van der Waals surface area contributed by atoms with Crippen molar-refractivity contribution in [3.8, 4) is 28.3 Å². The third-order valence-electron chi connectivity index (χ3n) is 6.95. The summed E-state index contributed by atoms with van der Waals surface area (Å²) >= 11 is 0. The Morgan fingerprint density at radius 3 is 2.50 bits per heavy atom. The van der Waals surface area contributed by atoms with E-state index in [0.29, 0.717) is 34.6 Å². The van der Waals surface area contributed by atoms with Gasteiger partial charge in [-0.3, -0.25) is 9.78 Å². The fourth-order valence-corrected chi connectivity index (χ4v) is 4.86. The van der Waals surface area contributed by atoms with Gasteiger partial charge in [0.25, 0.3) is 17.7 Å². The maximum atomic E-state index is 14.6. The van der Waals surface area contributed by atoms with Crippen molar-refractivity contribution in [1.29, 1.82) is 0 Å². The zero-order valence-corrected chi connectivity index (χ0v) is 21.6. The molecule has 1 amide bonds. The zero-order chi connectivity index (χ0) is 27.2. The van der Waals surface area contributed by atoms with Crippen LogP contribution in [0.4, 0.5) is 14.5 Å². The molecule has 0 spiro atoms. The van der Waals surface area contributed by atoms with Gasteiger partial charge in [-0.25, -0.2) is 18.5 Å². The number of rotatable bonds is 7. The number of imidazole rings is 1. The van der Waals surface area contributed by atoms with E-state index in [9.17, 15) is 18.8 Å². The van der Waals surface area contributed by atoms with Gasteiger partial charge < -0.3 is 15.3 Å². The first-order valence-electron chi connectivity index (χ1n) is 12.3. The number of anilines is 1. The number of nitrogens with one attached hydrogen (secondary N) is 2. The Kier molecular flexibility index (Phi) is 6.38. The van der Waals surface area contributed by atoms with Crippen molar-refractivity contribution in [2.24, 2.45) is 5.92 Å². The minimum absolute atomic E-state index is 0.145. The number of methoxy groups -OCH3 is 1. The van der Waals surface area contributed by atoms with Gasteiger partial charge in [0.2, 0.25) is 5.69 Å². The highest BCUT2D eigenvalue weighted by molar-refractivity contribution is 6.02. The summed E-state index contributed by atoms with van der Waals surface area (Å²) in [6.07, 6.45) is 4.49. The Hall–Kier alpha value is -4.27. The van der Waals surface area contributed by atoms with E-state index in [-0.39, 0.29) is 22.8 Å². The number of aryl methyl sites for hydroxylation is 3. The molecule has 7 nitrogen and oxygen atoms in total. The predicted octanol–water partition coefficient (Wildman–Crippen LogP) is 6.07. The molecule has 2 aromatic carbocycles. The van der Waals surface area contributed by atoms with Crippen LogP contribution in [-0.2, 0) is 5.92 Å². The van der Waals surface area contributed by atoms with Crippen LogP contribution in [0, 0.1) is 31.9 Å². The van der Waals surface area contributed by atoms with Gasteiger partial charge in [0.05, 0.1) is 12.7 Å². The molecule has 1 fully saturated rings. The first kappa shape index (κ1) is 25.4. The van der Waals surface area contributed by atoms with Crippen molar-refractivity contribution >= 4 is 11.6 Å². The van der Waals surface area contributed by atoms with E-state index in [1.165, 1.54) is 24.3 Å². The van der Waals surface area contributed by atoms with Crippen LogP contribution >= 0.6 is 0 Å². The predicted molar refractivity (Wildman–Crippen MR) is 140 cm³/mol. The number of hydrogen-bond donors (Lipinski definition) is 2. The zero-order valence-electron chi connectivity index (χ0n) is 21.6. The summed E-state index contributed by atoms with van der Waals surface area (Å²) in [5, 5.41) is 16.0. The van der Waals surface area contributed by atoms with Crippen LogP contribution < -0.4 is 14.8 Å². The molecule has 2 heterocycles. The number of ether oxygens (including phenoxy) is 1. The number of alkyl halides is 2. The summed E-state index contributed by atoms with van der Waals surface area (Å²) in [4.78, 5) is 20.4. The SMILES string of the molecule is COc1ccc(-c2[nH]c(C)c(C(=O)Nc3cccc(C(F)(F)C4CC4)c3)[n+]2[O-])cc1-c1c(C)cncc1C. The molecular weight excluding hydrogens is 490 g/mol.